The molecule has 1 saturated heterocycles. The van der Waals surface area contributed by atoms with Crippen LogP contribution >= 0.6 is 0 Å². The van der Waals surface area contributed by atoms with E-state index in [-0.39, 0.29) is 0 Å². The van der Waals surface area contributed by atoms with E-state index < -0.39 is 0 Å². The predicted octanol–water partition coefficient (Wildman–Crippen LogP) is 2.07. The first-order valence-corrected chi connectivity index (χ1v) is 7.65. The van der Waals surface area contributed by atoms with Gasteiger partial charge in [0.1, 0.15) is 5.82 Å². The minimum Gasteiger partial charge on any atom is -0.368 e. The normalized spacial score (nSPS) is 19.2. The van der Waals surface area contributed by atoms with Gasteiger partial charge in [0.15, 0.2) is 0 Å². The third kappa shape index (κ3) is 4.18. The fourth-order valence-electron chi connectivity index (χ4n) is 2.72. The van der Waals surface area contributed by atoms with Gasteiger partial charge in [0.25, 0.3) is 0 Å². The summed E-state index contributed by atoms with van der Waals surface area (Å²) in [6, 6.07) is 4.75. The van der Waals surface area contributed by atoms with Gasteiger partial charge in [-0.2, -0.15) is 0 Å². The van der Waals surface area contributed by atoms with Crippen molar-refractivity contribution in [2.45, 2.75) is 26.8 Å². The van der Waals surface area contributed by atoms with Gasteiger partial charge < -0.3 is 10.2 Å². The Labute approximate surface area is 123 Å². The molecule has 0 bridgehead atoms. The number of nitrogens with one attached hydrogen (secondary N) is 1. The number of anilines is 1. The Morgan fingerprint density at radius 2 is 1.90 bits per heavy atom. The van der Waals surface area contributed by atoms with Gasteiger partial charge in [0, 0.05) is 45.0 Å². The molecule has 0 aromatic carbocycles. The lowest BCUT2D eigenvalue weighted by Gasteiger charge is -2.40. The fraction of sp³-hybridized carbons (Fsp3) is 0.688. The molecule has 1 unspecified atom stereocenters. The Bertz CT molecular complexity index is 393. The van der Waals surface area contributed by atoms with Crippen LogP contribution in [-0.4, -0.2) is 60.6 Å². The molecule has 1 aliphatic rings. The lowest BCUT2D eigenvalue weighted by atomic mass is 10.0. The smallest absolute Gasteiger partial charge is 0.125 e. The molecule has 20 heavy (non-hydrogen) atoms. The molecule has 0 radical (unpaired) electrons. The predicted molar refractivity (Wildman–Crippen MR) is 85.2 cm³/mol. The summed E-state index contributed by atoms with van der Waals surface area (Å²) in [6.07, 6.45) is 1.92. The van der Waals surface area contributed by atoms with Crippen molar-refractivity contribution in [3.63, 3.8) is 0 Å². The van der Waals surface area contributed by atoms with Crippen molar-refractivity contribution in [1.82, 2.24) is 14.8 Å². The maximum atomic E-state index is 4.43. The van der Waals surface area contributed by atoms with E-state index in [9.17, 15) is 0 Å². The van der Waals surface area contributed by atoms with Crippen LogP contribution in [0.1, 0.15) is 19.4 Å². The van der Waals surface area contributed by atoms with Crippen LogP contribution in [0.25, 0.3) is 0 Å². The number of piperazine rings is 1. The average molecular weight is 276 g/mol. The maximum Gasteiger partial charge on any atom is 0.125 e. The number of pyridine rings is 1. The Morgan fingerprint density at radius 3 is 2.45 bits per heavy atom. The molecule has 1 aliphatic heterocycles. The molecule has 1 atom stereocenters. The Kier molecular flexibility index (Phi) is 5.38. The van der Waals surface area contributed by atoms with Crippen molar-refractivity contribution >= 4 is 5.82 Å². The number of aryl methyl sites for hydroxylation is 1. The zero-order valence-electron chi connectivity index (χ0n) is 13.3. The number of hydrogen-bond donors (Lipinski definition) is 1. The van der Waals surface area contributed by atoms with E-state index in [4.69, 9.17) is 0 Å². The lowest BCUT2D eigenvalue weighted by molar-refractivity contribution is 0.0944. The first kappa shape index (κ1) is 15.3. The highest BCUT2D eigenvalue weighted by Gasteiger charge is 2.24. The summed E-state index contributed by atoms with van der Waals surface area (Å²) in [5, 5.41) is 3.50. The first-order chi connectivity index (χ1) is 9.56. The van der Waals surface area contributed by atoms with Crippen LogP contribution in [0.5, 0.6) is 0 Å². The molecule has 1 N–H and O–H groups in total. The molecule has 1 aromatic rings. The maximum absolute atomic E-state index is 4.43. The number of likely N-dealkylation sites (N-methyl/N-ethyl adjacent to an activating group) is 1. The van der Waals surface area contributed by atoms with Gasteiger partial charge in [-0.05, 0) is 31.5 Å². The van der Waals surface area contributed by atoms with Gasteiger partial charge in [-0.1, -0.05) is 19.9 Å². The van der Waals surface area contributed by atoms with Crippen molar-refractivity contribution in [2.24, 2.45) is 5.92 Å². The molecule has 2 heterocycles. The van der Waals surface area contributed by atoms with E-state index in [0.29, 0.717) is 12.0 Å². The molecule has 2 rings (SSSR count). The summed E-state index contributed by atoms with van der Waals surface area (Å²) in [4.78, 5) is 9.45. The molecule has 4 nitrogen and oxygen atoms in total. The molecular weight excluding hydrogens is 248 g/mol. The van der Waals surface area contributed by atoms with Crippen LogP contribution in [0.2, 0.25) is 0 Å². The SMILES string of the molecule is Cc1ccc(NCC(C(C)C)N2CCN(C)CC2)nc1. The fourth-order valence-corrected chi connectivity index (χ4v) is 2.72. The quantitative estimate of drug-likeness (QED) is 0.892. The van der Waals surface area contributed by atoms with Crippen molar-refractivity contribution in [3.05, 3.63) is 23.9 Å². The second-order valence-electron chi connectivity index (χ2n) is 6.25. The highest BCUT2D eigenvalue weighted by Crippen LogP contribution is 2.14. The average Bonchev–Trinajstić information content (AvgIpc) is 2.43. The number of hydrogen-bond acceptors (Lipinski definition) is 4. The summed E-state index contributed by atoms with van der Waals surface area (Å²) in [5.41, 5.74) is 1.20. The summed E-state index contributed by atoms with van der Waals surface area (Å²) in [5.74, 6) is 1.63. The summed E-state index contributed by atoms with van der Waals surface area (Å²) >= 11 is 0. The van der Waals surface area contributed by atoms with Gasteiger partial charge in [-0.3, -0.25) is 4.90 Å². The summed E-state index contributed by atoms with van der Waals surface area (Å²) in [7, 11) is 2.20. The van der Waals surface area contributed by atoms with Crippen LogP contribution in [-0.2, 0) is 0 Å². The van der Waals surface area contributed by atoms with Gasteiger partial charge in [0.2, 0.25) is 0 Å². The van der Waals surface area contributed by atoms with E-state index in [1.165, 1.54) is 31.7 Å². The van der Waals surface area contributed by atoms with E-state index in [2.05, 4.69) is 60.1 Å². The van der Waals surface area contributed by atoms with Crippen molar-refractivity contribution in [2.75, 3.05) is 45.1 Å². The third-order valence-electron chi connectivity index (χ3n) is 4.18. The Morgan fingerprint density at radius 1 is 1.20 bits per heavy atom. The zero-order chi connectivity index (χ0) is 14.5. The van der Waals surface area contributed by atoms with Crippen molar-refractivity contribution in [1.29, 1.82) is 0 Å². The minimum absolute atomic E-state index is 0.576. The number of rotatable bonds is 5. The first-order valence-electron chi connectivity index (χ1n) is 7.65. The van der Waals surface area contributed by atoms with E-state index in [1.54, 1.807) is 0 Å². The second kappa shape index (κ2) is 7.04. The van der Waals surface area contributed by atoms with Crippen LogP contribution in [0.3, 0.4) is 0 Å². The largest absolute Gasteiger partial charge is 0.368 e. The van der Waals surface area contributed by atoms with Crippen molar-refractivity contribution < 1.29 is 0 Å². The molecule has 0 aliphatic carbocycles. The second-order valence-corrected chi connectivity index (χ2v) is 6.25. The Balaban J connectivity index is 1.90. The van der Waals surface area contributed by atoms with Gasteiger partial charge >= 0.3 is 0 Å². The van der Waals surface area contributed by atoms with Gasteiger partial charge in [-0.15, -0.1) is 0 Å². The molecule has 0 amide bonds. The summed E-state index contributed by atoms with van der Waals surface area (Å²) in [6.45, 7) is 12.3. The lowest BCUT2D eigenvalue weighted by Crippen LogP contribution is -2.52. The highest BCUT2D eigenvalue weighted by atomic mass is 15.3. The van der Waals surface area contributed by atoms with E-state index in [0.717, 1.165) is 12.4 Å². The highest BCUT2D eigenvalue weighted by molar-refractivity contribution is 5.35. The van der Waals surface area contributed by atoms with Crippen molar-refractivity contribution in [3.8, 4) is 0 Å². The molecule has 1 fully saturated rings. The molecule has 1 aromatic heterocycles. The molecule has 112 valence electrons. The monoisotopic (exact) mass is 276 g/mol. The van der Waals surface area contributed by atoms with Crippen LogP contribution in [0.4, 0.5) is 5.82 Å². The molecule has 0 spiro atoms. The van der Waals surface area contributed by atoms with Crippen LogP contribution in [0.15, 0.2) is 18.3 Å². The molecule has 0 saturated carbocycles. The van der Waals surface area contributed by atoms with E-state index >= 15 is 0 Å². The minimum atomic E-state index is 0.576. The molecular formula is C16H28N4. The standard InChI is InChI=1S/C16H28N4/c1-13(2)15(20-9-7-19(4)8-10-20)12-18-16-6-5-14(3)11-17-16/h5-6,11,13,15H,7-10,12H2,1-4H3,(H,17,18). The van der Waals surface area contributed by atoms with Crippen LogP contribution in [0, 0.1) is 12.8 Å². The third-order valence-corrected chi connectivity index (χ3v) is 4.18. The van der Waals surface area contributed by atoms with Gasteiger partial charge in [-0.25, -0.2) is 4.98 Å². The number of nitrogens with zero attached hydrogens (tertiary/aromatic N) is 3. The van der Waals surface area contributed by atoms with Gasteiger partial charge in [0.05, 0.1) is 0 Å². The number of aromatic nitrogens is 1. The Hall–Kier alpha value is -1.13. The topological polar surface area (TPSA) is 31.4 Å². The van der Waals surface area contributed by atoms with Crippen LogP contribution < -0.4 is 5.32 Å². The molecule has 4 heteroatoms. The zero-order valence-corrected chi connectivity index (χ0v) is 13.3. The van der Waals surface area contributed by atoms with E-state index in [1.807, 2.05) is 6.20 Å². The summed E-state index contributed by atoms with van der Waals surface area (Å²) < 4.78 is 0.